The molecule has 0 heterocycles. The first-order valence-corrected chi connectivity index (χ1v) is 7.08. The quantitative estimate of drug-likeness (QED) is 0.301. The smallest absolute Gasteiger partial charge is 0.406 e. The van der Waals surface area contributed by atoms with Crippen molar-refractivity contribution in [3.05, 3.63) is 35.9 Å². The van der Waals surface area contributed by atoms with E-state index in [1.54, 1.807) is 35.6 Å². The summed E-state index contributed by atoms with van der Waals surface area (Å²) in [6.07, 6.45) is -1.12. The van der Waals surface area contributed by atoms with E-state index in [0.29, 0.717) is 18.5 Å². The van der Waals surface area contributed by atoms with Crippen molar-refractivity contribution in [1.82, 2.24) is 5.32 Å². The standard InChI is InChI=1S/C15H20N2O6/c16-9-5-4-8-15(12(18)19,17-14(21)22)13(20)23-10-11-6-2-1-3-7-11/h1-3,6-7,17H,4-5,8-10,16H2,(H,18,19)(H,21,22)/t15-/m0/s1. The van der Waals surface area contributed by atoms with Gasteiger partial charge in [-0.3, -0.25) is 5.32 Å². The van der Waals surface area contributed by atoms with E-state index in [1.807, 2.05) is 0 Å². The van der Waals surface area contributed by atoms with Crippen LogP contribution in [0.5, 0.6) is 0 Å². The topological polar surface area (TPSA) is 139 Å². The summed E-state index contributed by atoms with van der Waals surface area (Å²) in [5.74, 6) is -2.75. The molecule has 0 aliphatic heterocycles. The van der Waals surface area contributed by atoms with Gasteiger partial charge >= 0.3 is 18.0 Å². The molecule has 1 aromatic rings. The first-order chi connectivity index (χ1) is 10.9. The molecule has 0 saturated carbocycles. The van der Waals surface area contributed by atoms with Gasteiger partial charge in [-0.05, 0) is 31.4 Å². The molecule has 5 N–H and O–H groups in total. The van der Waals surface area contributed by atoms with Crippen LogP contribution in [0, 0.1) is 0 Å². The molecule has 8 heteroatoms. The first kappa shape index (κ1) is 18.4. The molecule has 23 heavy (non-hydrogen) atoms. The lowest BCUT2D eigenvalue weighted by molar-refractivity contribution is -0.164. The third-order valence-electron chi connectivity index (χ3n) is 3.25. The molecular formula is C15H20N2O6. The largest absolute Gasteiger partial charge is 0.479 e. The van der Waals surface area contributed by atoms with Crippen LogP contribution in [0.3, 0.4) is 0 Å². The highest BCUT2D eigenvalue weighted by Crippen LogP contribution is 2.18. The van der Waals surface area contributed by atoms with Crippen LogP contribution in [0.2, 0.25) is 0 Å². The third-order valence-corrected chi connectivity index (χ3v) is 3.25. The lowest BCUT2D eigenvalue weighted by atomic mass is 9.92. The molecule has 0 radical (unpaired) electrons. The number of aliphatic carboxylic acids is 1. The van der Waals surface area contributed by atoms with E-state index in [9.17, 15) is 19.5 Å². The van der Waals surface area contributed by atoms with Gasteiger partial charge in [0.1, 0.15) is 6.61 Å². The Hall–Kier alpha value is -2.61. The van der Waals surface area contributed by atoms with Crippen molar-refractivity contribution in [3.8, 4) is 0 Å². The molecule has 126 valence electrons. The van der Waals surface area contributed by atoms with Crippen LogP contribution in [-0.2, 0) is 20.9 Å². The summed E-state index contributed by atoms with van der Waals surface area (Å²) in [7, 11) is 0. The van der Waals surface area contributed by atoms with Crippen LogP contribution >= 0.6 is 0 Å². The van der Waals surface area contributed by atoms with Gasteiger partial charge in [-0.2, -0.15) is 0 Å². The molecular weight excluding hydrogens is 304 g/mol. The van der Waals surface area contributed by atoms with Crippen molar-refractivity contribution in [2.45, 2.75) is 31.4 Å². The van der Waals surface area contributed by atoms with E-state index in [0.717, 1.165) is 0 Å². The van der Waals surface area contributed by atoms with Gasteiger partial charge < -0.3 is 20.7 Å². The molecule has 1 amide bonds. The Balaban J connectivity index is 2.88. The van der Waals surface area contributed by atoms with Crippen LogP contribution in [-0.4, -0.2) is 40.3 Å². The number of esters is 1. The molecule has 0 bridgehead atoms. The Morgan fingerprint density at radius 1 is 1.13 bits per heavy atom. The number of unbranched alkanes of at least 4 members (excludes halogenated alkanes) is 1. The second-order valence-electron chi connectivity index (χ2n) is 4.95. The Kier molecular flexibility index (Phi) is 7.01. The Morgan fingerprint density at radius 3 is 2.30 bits per heavy atom. The fourth-order valence-electron chi connectivity index (χ4n) is 2.03. The van der Waals surface area contributed by atoms with Crippen LogP contribution in [0.1, 0.15) is 24.8 Å². The summed E-state index contributed by atoms with van der Waals surface area (Å²) in [4.78, 5) is 34.7. The first-order valence-electron chi connectivity index (χ1n) is 7.08. The Morgan fingerprint density at radius 2 is 1.78 bits per heavy atom. The van der Waals surface area contributed by atoms with Crippen LogP contribution in [0.4, 0.5) is 4.79 Å². The Labute approximate surface area is 133 Å². The summed E-state index contributed by atoms with van der Waals surface area (Å²) in [5, 5.41) is 20.1. The van der Waals surface area contributed by atoms with Gasteiger partial charge in [-0.25, -0.2) is 14.4 Å². The molecule has 1 atom stereocenters. The molecule has 0 spiro atoms. The van der Waals surface area contributed by atoms with E-state index >= 15 is 0 Å². The van der Waals surface area contributed by atoms with E-state index in [2.05, 4.69) is 0 Å². The van der Waals surface area contributed by atoms with Crippen LogP contribution in [0.15, 0.2) is 30.3 Å². The number of hydrogen-bond donors (Lipinski definition) is 4. The normalized spacial score (nSPS) is 12.9. The van der Waals surface area contributed by atoms with Crippen molar-refractivity contribution in [1.29, 1.82) is 0 Å². The number of benzene rings is 1. The number of carboxylic acids is 1. The maximum Gasteiger partial charge on any atom is 0.406 e. The predicted molar refractivity (Wildman–Crippen MR) is 80.7 cm³/mol. The second kappa shape index (κ2) is 8.74. The highest BCUT2D eigenvalue weighted by atomic mass is 16.5. The minimum atomic E-state index is -2.34. The molecule has 0 aliphatic carbocycles. The molecule has 0 aliphatic rings. The van der Waals surface area contributed by atoms with Crippen molar-refractivity contribution >= 4 is 18.0 Å². The highest BCUT2D eigenvalue weighted by molar-refractivity contribution is 6.06. The van der Waals surface area contributed by atoms with Crippen LogP contribution < -0.4 is 11.1 Å². The lowest BCUT2D eigenvalue weighted by Gasteiger charge is -2.27. The molecule has 1 aromatic carbocycles. The fraction of sp³-hybridized carbons (Fsp3) is 0.400. The SMILES string of the molecule is NCCCC[C@](NC(=O)O)(C(=O)O)C(=O)OCc1ccccc1. The number of carbonyl (C=O) groups is 3. The lowest BCUT2D eigenvalue weighted by Crippen LogP contribution is -2.60. The van der Waals surface area contributed by atoms with Gasteiger partial charge in [0, 0.05) is 0 Å². The number of rotatable bonds is 9. The average Bonchev–Trinajstić information content (AvgIpc) is 2.52. The molecule has 8 nitrogen and oxygen atoms in total. The summed E-state index contributed by atoms with van der Waals surface area (Å²) in [6.45, 7) is 0.161. The zero-order chi connectivity index (χ0) is 17.3. The van der Waals surface area contributed by atoms with Crippen molar-refractivity contribution in [2.24, 2.45) is 5.73 Å². The van der Waals surface area contributed by atoms with Crippen molar-refractivity contribution < 1.29 is 29.3 Å². The number of ether oxygens (including phenoxy) is 1. The number of amides is 1. The van der Waals surface area contributed by atoms with Gasteiger partial charge in [0.2, 0.25) is 5.54 Å². The van der Waals surface area contributed by atoms with E-state index < -0.39 is 23.6 Å². The van der Waals surface area contributed by atoms with Crippen molar-refractivity contribution in [3.63, 3.8) is 0 Å². The minimum Gasteiger partial charge on any atom is -0.479 e. The summed E-state index contributed by atoms with van der Waals surface area (Å²) in [5.41, 5.74) is 3.67. The van der Waals surface area contributed by atoms with Gasteiger partial charge in [-0.1, -0.05) is 30.3 Å². The summed E-state index contributed by atoms with van der Waals surface area (Å²) in [6, 6.07) is 8.67. The third kappa shape index (κ3) is 5.26. The maximum atomic E-state index is 12.2. The number of nitrogens with two attached hydrogens (primary N) is 1. The van der Waals surface area contributed by atoms with E-state index in [1.165, 1.54) is 0 Å². The minimum absolute atomic E-state index is 0.146. The van der Waals surface area contributed by atoms with E-state index in [4.69, 9.17) is 15.6 Å². The maximum absolute atomic E-state index is 12.2. The zero-order valence-corrected chi connectivity index (χ0v) is 12.5. The summed E-state index contributed by atoms with van der Waals surface area (Å²) >= 11 is 0. The molecule has 1 rings (SSSR count). The van der Waals surface area contributed by atoms with Gasteiger partial charge in [-0.15, -0.1) is 0 Å². The molecule has 0 aromatic heterocycles. The summed E-state index contributed by atoms with van der Waals surface area (Å²) < 4.78 is 5.01. The predicted octanol–water partition coefficient (Wildman–Crippen LogP) is 0.950. The fourth-order valence-corrected chi connectivity index (χ4v) is 2.03. The monoisotopic (exact) mass is 324 g/mol. The zero-order valence-electron chi connectivity index (χ0n) is 12.5. The van der Waals surface area contributed by atoms with Crippen molar-refractivity contribution in [2.75, 3.05) is 6.54 Å². The number of carboxylic acid groups (broad SMARTS) is 2. The number of hydrogen-bond acceptors (Lipinski definition) is 5. The number of nitrogens with one attached hydrogen (secondary N) is 1. The van der Waals surface area contributed by atoms with Gasteiger partial charge in [0.15, 0.2) is 0 Å². The number of carbonyl (C=O) groups excluding carboxylic acids is 1. The van der Waals surface area contributed by atoms with E-state index in [-0.39, 0.29) is 19.4 Å². The highest BCUT2D eigenvalue weighted by Gasteiger charge is 2.49. The van der Waals surface area contributed by atoms with Crippen LogP contribution in [0.25, 0.3) is 0 Å². The average molecular weight is 324 g/mol. The molecule has 0 unspecified atom stereocenters. The van der Waals surface area contributed by atoms with Gasteiger partial charge in [0.05, 0.1) is 0 Å². The molecule has 0 saturated heterocycles. The second-order valence-corrected chi connectivity index (χ2v) is 4.95. The Bertz CT molecular complexity index is 548. The molecule has 0 fully saturated rings. The van der Waals surface area contributed by atoms with Gasteiger partial charge in [0.25, 0.3) is 0 Å².